The number of amides is 1. The van der Waals surface area contributed by atoms with Gasteiger partial charge in [-0.1, -0.05) is 0 Å². The Morgan fingerprint density at radius 2 is 2.26 bits per heavy atom. The first-order valence-corrected chi connectivity index (χ1v) is 6.65. The highest BCUT2D eigenvalue weighted by atomic mass is 32.1. The van der Waals surface area contributed by atoms with E-state index >= 15 is 0 Å². The van der Waals surface area contributed by atoms with Crippen LogP contribution in [0, 0.1) is 0 Å². The monoisotopic (exact) mass is 280 g/mol. The van der Waals surface area contributed by atoms with Gasteiger partial charge >= 0.3 is 0 Å². The molecule has 0 saturated heterocycles. The summed E-state index contributed by atoms with van der Waals surface area (Å²) in [6.45, 7) is 0.517. The van der Waals surface area contributed by atoms with E-state index in [2.05, 4.69) is 20.7 Å². The molecule has 4 N–H and O–H groups in total. The maximum Gasteiger partial charge on any atom is 0.240 e. The Labute approximate surface area is 114 Å². The first-order chi connectivity index (χ1) is 9.11. The molecule has 0 fully saturated rings. The Morgan fingerprint density at radius 3 is 2.95 bits per heavy atom. The van der Waals surface area contributed by atoms with Crippen molar-refractivity contribution in [1.29, 1.82) is 0 Å². The van der Waals surface area contributed by atoms with Crippen LogP contribution in [-0.2, 0) is 4.79 Å². The molecule has 2 rings (SSSR count). The number of carbonyl (C=O) groups is 1. The summed E-state index contributed by atoms with van der Waals surface area (Å²) >= 11 is 1.51. The minimum Gasteiger partial charge on any atom is -0.369 e. The van der Waals surface area contributed by atoms with E-state index in [4.69, 9.17) is 5.84 Å². The number of anilines is 2. The number of nitrogens with two attached hydrogens (primary N) is 1. The van der Waals surface area contributed by atoms with Crippen molar-refractivity contribution in [3.63, 3.8) is 0 Å². The largest absolute Gasteiger partial charge is 0.369 e. The molecule has 0 bridgehead atoms. The second kappa shape index (κ2) is 5.81. The van der Waals surface area contributed by atoms with Crippen molar-refractivity contribution in [2.24, 2.45) is 5.84 Å². The molecular weight excluding hydrogens is 264 g/mol. The van der Waals surface area contributed by atoms with Crippen LogP contribution in [0.3, 0.4) is 0 Å². The molecular formula is C11H16N6OS. The smallest absolute Gasteiger partial charge is 0.240 e. The van der Waals surface area contributed by atoms with Gasteiger partial charge in [-0.3, -0.25) is 10.2 Å². The zero-order valence-corrected chi connectivity index (χ0v) is 11.6. The highest BCUT2D eigenvalue weighted by molar-refractivity contribution is 7.16. The van der Waals surface area contributed by atoms with Crippen LogP contribution < -0.4 is 16.6 Å². The summed E-state index contributed by atoms with van der Waals surface area (Å²) in [6, 6.07) is 1.94. The number of thiophene rings is 1. The SMILES string of the molecule is CN(C)C(=O)CCNc1nc(NN)nc2sccc12. The molecule has 2 heterocycles. The van der Waals surface area contributed by atoms with Gasteiger partial charge in [-0.05, 0) is 11.4 Å². The molecule has 0 unspecified atom stereocenters. The minimum absolute atomic E-state index is 0.0697. The fourth-order valence-corrected chi connectivity index (χ4v) is 2.33. The fourth-order valence-electron chi connectivity index (χ4n) is 1.57. The number of rotatable bonds is 5. The van der Waals surface area contributed by atoms with Crippen molar-refractivity contribution in [3.05, 3.63) is 11.4 Å². The summed E-state index contributed by atoms with van der Waals surface area (Å²) in [5.41, 5.74) is 2.44. The highest BCUT2D eigenvalue weighted by Crippen LogP contribution is 2.26. The number of nitrogens with one attached hydrogen (secondary N) is 2. The lowest BCUT2D eigenvalue weighted by Gasteiger charge is -2.11. The average Bonchev–Trinajstić information content (AvgIpc) is 2.86. The molecule has 0 saturated carbocycles. The van der Waals surface area contributed by atoms with E-state index in [1.165, 1.54) is 11.3 Å². The number of hydrogen-bond donors (Lipinski definition) is 3. The summed E-state index contributed by atoms with van der Waals surface area (Å²) in [6.07, 6.45) is 0.411. The third-order valence-electron chi connectivity index (χ3n) is 2.58. The molecule has 2 aromatic rings. The Balaban J connectivity index is 2.11. The number of hydrogen-bond acceptors (Lipinski definition) is 7. The zero-order valence-electron chi connectivity index (χ0n) is 10.8. The number of nitrogens with zero attached hydrogens (tertiary/aromatic N) is 3. The zero-order chi connectivity index (χ0) is 13.8. The molecule has 2 aromatic heterocycles. The van der Waals surface area contributed by atoms with Gasteiger partial charge in [-0.2, -0.15) is 4.98 Å². The van der Waals surface area contributed by atoms with E-state index in [-0.39, 0.29) is 5.91 Å². The minimum atomic E-state index is 0.0697. The van der Waals surface area contributed by atoms with E-state index in [1.807, 2.05) is 11.4 Å². The molecule has 0 aliphatic rings. The summed E-state index contributed by atoms with van der Waals surface area (Å²) in [4.78, 5) is 22.4. The standard InChI is InChI=1S/C11H16N6OS/c1-17(2)8(18)3-5-13-9-7-4-6-19-10(7)15-11(14-9)16-12/h4,6H,3,5,12H2,1-2H3,(H2,13,14,15,16). The van der Waals surface area contributed by atoms with Crippen molar-refractivity contribution in [2.45, 2.75) is 6.42 Å². The molecule has 0 atom stereocenters. The quantitative estimate of drug-likeness (QED) is 0.555. The van der Waals surface area contributed by atoms with Gasteiger partial charge in [0.2, 0.25) is 11.9 Å². The average molecular weight is 280 g/mol. The second-order valence-electron chi connectivity index (χ2n) is 4.14. The van der Waals surface area contributed by atoms with Crippen molar-refractivity contribution in [2.75, 3.05) is 31.4 Å². The van der Waals surface area contributed by atoms with Crippen LogP contribution in [0.5, 0.6) is 0 Å². The van der Waals surface area contributed by atoms with Crippen LogP contribution in [0.15, 0.2) is 11.4 Å². The van der Waals surface area contributed by atoms with E-state index in [0.29, 0.717) is 24.7 Å². The summed E-state index contributed by atoms with van der Waals surface area (Å²) in [7, 11) is 3.47. The van der Waals surface area contributed by atoms with Crippen molar-refractivity contribution in [3.8, 4) is 0 Å². The van der Waals surface area contributed by atoms with Crippen molar-refractivity contribution < 1.29 is 4.79 Å². The Morgan fingerprint density at radius 1 is 1.47 bits per heavy atom. The molecule has 0 aliphatic carbocycles. The van der Waals surface area contributed by atoms with E-state index in [1.54, 1.807) is 19.0 Å². The van der Waals surface area contributed by atoms with Gasteiger partial charge in [-0.25, -0.2) is 10.8 Å². The molecule has 0 radical (unpaired) electrons. The molecule has 7 nitrogen and oxygen atoms in total. The Hall–Kier alpha value is -1.93. The predicted octanol–water partition coefficient (Wildman–Crippen LogP) is 0.867. The molecule has 1 amide bonds. The number of fused-ring (bicyclic) bond motifs is 1. The van der Waals surface area contributed by atoms with Crippen LogP contribution in [0.4, 0.5) is 11.8 Å². The van der Waals surface area contributed by atoms with E-state index in [0.717, 1.165) is 10.2 Å². The maximum atomic E-state index is 11.5. The molecule has 0 aliphatic heterocycles. The van der Waals surface area contributed by atoms with Gasteiger partial charge in [0.1, 0.15) is 10.6 Å². The first kappa shape index (κ1) is 13.5. The summed E-state index contributed by atoms with van der Waals surface area (Å²) in [5.74, 6) is 6.45. The second-order valence-corrected chi connectivity index (χ2v) is 5.04. The number of carbonyl (C=O) groups excluding carboxylic acids is 1. The summed E-state index contributed by atoms with van der Waals surface area (Å²) < 4.78 is 0. The van der Waals surface area contributed by atoms with E-state index in [9.17, 15) is 4.79 Å². The lowest BCUT2D eigenvalue weighted by atomic mass is 10.3. The van der Waals surface area contributed by atoms with Gasteiger partial charge in [0.15, 0.2) is 0 Å². The van der Waals surface area contributed by atoms with Gasteiger partial charge < -0.3 is 10.2 Å². The molecule has 102 valence electrons. The van der Waals surface area contributed by atoms with Crippen LogP contribution >= 0.6 is 11.3 Å². The van der Waals surface area contributed by atoms with Gasteiger partial charge in [0.05, 0.1) is 5.39 Å². The van der Waals surface area contributed by atoms with Crippen LogP contribution in [-0.4, -0.2) is 41.4 Å². The first-order valence-electron chi connectivity index (χ1n) is 5.77. The van der Waals surface area contributed by atoms with Crippen molar-refractivity contribution in [1.82, 2.24) is 14.9 Å². The fraction of sp³-hybridized carbons (Fsp3) is 0.364. The highest BCUT2D eigenvalue weighted by Gasteiger charge is 2.09. The maximum absolute atomic E-state index is 11.5. The normalized spacial score (nSPS) is 10.5. The topological polar surface area (TPSA) is 96.2 Å². The van der Waals surface area contributed by atoms with Crippen LogP contribution in [0.2, 0.25) is 0 Å². The van der Waals surface area contributed by atoms with Gasteiger partial charge in [-0.15, -0.1) is 11.3 Å². The molecule has 0 aromatic carbocycles. The van der Waals surface area contributed by atoms with Crippen LogP contribution in [0.25, 0.3) is 10.2 Å². The Bertz CT molecular complexity index is 582. The molecule has 0 spiro atoms. The molecule has 19 heavy (non-hydrogen) atoms. The number of nitrogen functional groups attached to an aromatic ring is 1. The lowest BCUT2D eigenvalue weighted by Crippen LogP contribution is -2.24. The van der Waals surface area contributed by atoms with Gasteiger partial charge in [0.25, 0.3) is 0 Å². The number of aromatic nitrogens is 2. The van der Waals surface area contributed by atoms with Gasteiger partial charge in [0, 0.05) is 27.1 Å². The molecule has 8 heteroatoms. The predicted molar refractivity (Wildman–Crippen MR) is 77.0 cm³/mol. The third-order valence-corrected chi connectivity index (χ3v) is 3.39. The Kier molecular flexibility index (Phi) is 4.13. The lowest BCUT2D eigenvalue weighted by molar-refractivity contribution is -0.128. The number of hydrazine groups is 1. The third kappa shape index (κ3) is 3.09. The van der Waals surface area contributed by atoms with E-state index < -0.39 is 0 Å². The van der Waals surface area contributed by atoms with Crippen molar-refractivity contribution >= 4 is 39.2 Å². The van der Waals surface area contributed by atoms with Crippen LogP contribution in [0.1, 0.15) is 6.42 Å². The summed E-state index contributed by atoms with van der Waals surface area (Å²) in [5, 5.41) is 6.02.